The molecule has 1 amide bonds. The van der Waals surface area contributed by atoms with Gasteiger partial charge in [0.1, 0.15) is 0 Å². The molecule has 0 aliphatic carbocycles. The first-order chi connectivity index (χ1) is 8.22. The Morgan fingerprint density at radius 3 is 2.65 bits per heavy atom. The van der Waals surface area contributed by atoms with Crippen LogP contribution in [0.4, 0.5) is 4.79 Å². The third-order valence-electron chi connectivity index (χ3n) is 1.72. The van der Waals surface area contributed by atoms with Crippen LogP contribution in [0.1, 0.15) is 12.5 Å². The second-order valence-corrected chi connectivity index (χ2v) is 2.99. The Morgan fingerprint density at radius 2 is 2.00 bits per heavy atom. The maximum atomic E-state index is 11.1. The van der Waals surface area contributed by atoms with Gasteiger partial charge in [-0.3, -0.25) is 0 Å². The fourth-order valence-electron chi connectivity index (χ4n) is 1.01. The summed E-state index contributed by atoms with van der Waals surface area (Å²) in [6.07, 6.45) is 1.99. The molecule has 0 aliphatic heterocycles. The van der Waals surface area contributed by atoms with Crippen LogP contribution in [0.25, 0.3) is 6.08 Å². The summed E-state index contributed by atoms with van der Waals surface area (Å²) in [6, 6.07) is 9.24. The molecule has 0 heterocycles. The van der Waals surface area contributed by atoms with Gasteiger partial charge in [-0.15, -0.1) is 5.48 Å². The quantitative estimate of drug-likeness (QED) is 0.642. The molecule has 1 rings (SSSR count). The lowest BCUT2D eigenvalue weighted by Gasteiger charge is -2.02. The van der Waals surface area contributed by atoms with Gasteiger partial charge in [0, 0.05) is 6.08 Å². The van der Waals surface area contributed by atoms with Gasteiger partial charge in [0.05, 0.1) is 6.61 Å². The van der Waals surface area contributed by atoms with Gasteiger partial charge in [0.2, 0.25) is 0 Å². The number of nitrogens with one attached hydrogen (secondary N) is 1. The predicted octanol–water partition coefficient (Wildman–Crippen LogP) is 1.90. The lowest BCUT2D eigenvalue weighted by atomic mass is 10.2. The molecule has 0 atom stereocenters. The van der Waals surface area contributed by atoms with Crippen molar-refractivity contribution in [1.82, 2.24) is 5.48 Å². The van der Waals surface area contributed by atoms with Crippen molar-refractivity contribution in [2.75, 3.05) is 6.61 Å². The minimum absolute atomic E-state index is 0.212. The lowest BCUT2D eigenvalue weighted by molar-refractivity contribution is -0.143. The van der Waals surface area contributed by atoms with E-state index in [0.717, 1.165) is 5.56 Å². The summed E-state index contributed by atoms with van der Waals surface area (Å²) in [7, 11) is 0. The summed E-state index contributed by atoms with van der Waals surface area (Å²) >= 11 is 0. The van der Waals surface area contributed by atoms with Crippen molar-refractivity contribution in [2.45, 2.75) is 6.92 Å². The van der Waals surface area contributed by atoms with E-state index in [0.29, 0.717) is 0 Å². The topological polar surface area (TPSA) is 64.6 Å². The lowest BCUT2D eigenvalue weighted by Crippen LogP contribution is -2.26. The van der Waals surface area contributed by atoms with Crippen LogP contribution >= 0.6 is 0 Å². The minimum atomic E-state index is -0.797. The Hall–Kier alpha value is -2.30. The van der Waals surface area contributed by atoms with Gasteiger partial charge in [0.15, 0.2) is 0 Å². The largest absolute Gasteiger partial charge is 0.448 e. The minimum Gasteiger partial charge on any atom is -0.448 e. The molecule has 1 N–H and O–H groups in total. The van der Waals surface area contributed by atoms with Crippen molar-refractivity contribution in [3.63, 3.8) is 0 Å². The van der Waals surface area contributed by atoms with Crippen LogP contribution < -0.4 is 5.48 Å². The summed E-state index contributed by atoms with van der Waals surface area (Å²) in [5, 5.41) is 0. The number of ether oxygens (including phenoxy) is 1. The van der Waals surface area contributed by atoms with Crippen molar-refractivity contribution < 1.29 is 19.2 Å². The van der Waals surface area contributed by atoms with Crippen LogP contribution in [0, 0.1) is 0 Å². The maximum absolute atomic E-state index is 11.1. The number of hydroxylamine groups is 1. The van der Waals surface area contributed by atoms with Gasteiger partial charge in [-0.2, -0.15) is 0 Å². The third-order valence-corrected chi connectivity index (χ3v) is 1.72. The van der Waals surface area contributed by atoms with E-state index in [2.05, 4.69) is 9.57 Å². The average Bonchev–Trinajstić information content (AvgIpc) is 2.35. The highest BCUT2D eigenvalue weighted by molar-refractivity contribution is 5.87. The van der Waals surface area contributed by atoms with Gasteiger partial charge < -0.3 is 9.57 Å². The molecule has 90 valence electrons. The van der Waals surface area contributed by atoms with Crippen LogP contribution in [-0.2, 0) is 14.4 Å². The smallest absolute Gasteiger partial charge is 0.440 e. The van der Waals surface area contributed by atoms with Crippen molar-refractivity contribution in [3.8, 4) is 0 Å². The highest BCUT2D eigenvalue weighted by Gasteiger charge is 2.02. The molecule has 0 bridgehead atoms. The molecular weight excluding hydrogens is 222 g/mol. The standard InChI is InChI=1S/C12H13NO4/c1-2-16-12(15)13-17-11(14)9-8-10-6-4-3-5-7-10/h3-9H,2H2,1H3,(H,13,15)/b9-8+. The van der Waals surface area contributed by atoms with Crippen molar-refractivity contribution in [3.05, 3.63) is 42.0 Å². The van der Waals surface area contributed by atoms with Gasteiger partial charge in [-0.25, -0.2) is 9.59 Å². The summed E-state index contributed by atoms with van der Waals surface area (Å²) in [5.41, 5.74) is 2.72. The number of carbonyl (C=O) groups is 2. The highest BCUT2D eigenvalue weighted by Crippen LogP contribution is 2.00. The van der Waals surface area contributed by atoms with E-state index in [1.165, 1.54) is 6.08 Å². The van der Waals surface area contributed by atoms with Crippen molar-refractivity contribution >= 4 is 18.1 Å². The fourth-order valence-corrected chi connectivity index (χ4v) is 1.01. The Bertz CT molecular complexity index is 400. The number of benzene rings is 1. The van der Waals surface area contributed by atoms with Crippen LogP contribution in [0.2, 0.25) is 0 Å². The highest BCUT2D eigenvalue weighted by atomic mass is 16.7. The fraction of sp³-hybridized carbons (Fsp3) is 0.167. The first kappa shape index (κ1) is 12.8. The van der Waals surface area contributed by atoms with Crippen molar-refractivity contribution in [2.24, 2.45) is 0 Å². The molecular formula is C12H13NO4. The molecule has 0 aliphatic rings. The predicted molar refractivity (Wildman–Crippen MR) is 61.7 cm³/mol. The number of carbonyl (C=O) groups excluding carboxylic acids is 2. The molecule has 0 aromatic heterocycles. The van der Waals surface area contributed by atoms with Crippen LogP contribution in [0.5, 0.6) is 0 Å². The molecule has 1 aromatic carbocycles. The summed E-state index contributed by atoms with van der Waals surface area (Å²) in [6.45, 7) is 1.86. The van der Waals surface area contributed by atoms with Crippen LogP contribution in [0.3, 0.4) is 0 Å². The molecule has 0 spiro atoms. The average molecular weight is 235 g/mol. The van der Waals surface area contributed by atoms with E-state index in [9.17, 15) is 9.59 Å². The second-order valence-electron chi connectivity index (χ2n) is 2.99. The van der Waals surface area contributed by atoms with E-state index < -0.39 is 12.1 Å². The molecule has 17 heavy (non-hydrogen) atoms. The second kappa shape index (κ2) is 7.05. The molecule has 0 unspecified atom stereocenters. The Balaban J connectivity index is 2.35. The van der Waals surface area contributed by atoms with Crippen LogP contribution in [0.15, 0.2) is 36.4 Å². The maximum Gasteiger partial charge on any atom is 0.440 e. The molecule has 5 heteroatoms. The van der Waals surface area contributed by atoms with Crippen molar-refractivity contribution in [1.29, 1.82) is 0 Å². The van der Waals surface area contributed by atoms with E-state index in [1.807, 2.05) is 35.8 Å². The zero-order chi connectivity index (χ0) is 12.5. The first-order valence-electron chi connectivity index (χ1n) is 5.09. The monoisotopic (exact) mass is 235 g/mol. The van der Waals surface area contributed by atoms with Gasteiger partial charge in [-0.05, 0) is 18.6 Å². The zero-order valence-corrected chi connectivity index (χ0v) is 9.38. The van der Waals surface area contributed by atoms with E-state index in [-0.39, 0.29) is 6.61 Å². The Morgan fingerprint density at radius 1 is 1.29 bits per heavy atom. The van der Waals surface area contributed by atoms with E-state index in [4.69, 9.17) is 0 Å². The van der Waals surface area contributed by atoms with Crippen LogP contribution in [-0.4, -0.2) is 18.7 Å². The molecule has 0 saturated carbocycles. The first-order valence-corrected chi connectivity index (χ1v) is 5.09. The number of hydrogen-bond acceptors (Lipinski definition) is 4. The SMILES string of the molecule is CCOC(=O)NOC(=O)/C=C/c1ccccc1. The Labute approximate surface area is 99.0 Å². The Kier molecular flexibility index (Phi) is 5.30. The molecule has 1 aromatic rings. The van der Waals surface area contributed by atoms with Gasteiger partial charge in [0.25, 0.3) is 0 Å². The number of amides is 1. The van der Waals surface area contributed by atoms with E-state index >= 15 is 0 Å². The molecule has 0 radical (unpaired) electrons. The van der Waals surface area contributed by atoms with Gasteiger partial charge >= 0.3 is 12.1 Å². The van der Waals surface area contributed by atoms with Gasteiger partial charge in [-0.1, -0.05) is 30.3 Å². The van der Waals surface area contributed by atoms with E-state index in [1.54, 1.807) is 13.0 Å². The number of hydrogen-bond donors (Lipinski definition) is 1. The third kappa shape index (κ3) is 5.36. The summed E-state index contributed by atoms with van der Waals surface area (Å²) < 4.78 is 4.50. The normalized spacial score (nSPS) is 9.94. The summed E-state index contributed by atoms with van der Waals surface area (Å²) in [4.78, 5) is 26.4. The molecule has 0 saturated heterocycles. The molecule has 0 fully saturated rings. The zero-order valence-electron chi connectivity index (χ0n) is 9.38. The number of rotatable bonds is 3. The molecule has 5 nitrogen and oxygen atoms in total. The summed E-state index contributed by atoms with van der Waals surface area (Å²) in [5.74, 6) is -0.679.